The summed E-state index contributed by atoms with van der Waals surface area (Å²) >= 11 is 6.37. The lowest BCUT2D eigenvalue weighted by molar-refractivity contribution is 0.283. The van der Waals surface area contributed by atoms with E-state index >= 15 is 0 Å². The zero-order valence-electron chi connectivity index (χ0n) is 14.6. The molecule has 132 valence electrons. The molecule has 0 amide bonds. The Hall–Kier alpha value is -1.81. The molecule has 0 radical (unpaired) electrons. The van der Waals surface area contributed by atoms with Crippen molar-refractivity contribution in [2.24, 2.45) is 0 Å². The van der Waals surface area contributed by atoms with Crippen LogP contribution in [0.3, 0.4) is 0 Å². The number of nitrogens with zero attached hydrogens (tertiary/aromatic N) is 1. The third-order valence-corrected chi connectivity index (χ3v) is 5.08. The summed E-state index contributed by atoms with van der Waals surface area (Å²) in [6, 6.07) is 16.6. The first-order chi connectivity index (χ1) is 12.2. The van der Waals surface area contributed by atoms with Gasteiger partial charge in [0.1, 0.15) is 0 Å². The molecule has 25 heavy (non-hydrogen) atoms. The van der Waals surface area contributed by atoms with Crippen LogP contribution in [-0.4, -0.2) is 22.8 Å². The molecule has 0 fully saturated rings. The maximum Gasteiger partial charge on any atom is 0.0493 e. The summed E-state index contributed by atoms with van der Waals surface area (Å²) in [6.07, 6.45) is 1.84. The minimum absolute atomic E-state index is 0.262. The Balaban J connectivity index is 1.88. The molecule has 2 aromatic carbocycles. The largest absolute Gasteiger partial charge is 0.396 e. The minimum Gasteiger partial charge on any atom is -0.396 e. The van der Waals surface area contributed by atoms with Crippen LogP contribution in [0.5, 0.6) is 0 Å². The molecule has 0 aliphatic rings. The van der Waals surface area contributed by atoms with E-state index in [0.717, 1.165) is 43.1 Å². The van der Waals surface area contributed by atoms with E-state index in [-0.39, 0.29) is 6.61 Å². The van der Waals surface area contributed by atoms with Crippen LogP contribution in [0, 0.1) is 6.92 Å². The standard InChI is InChI=1S/C21H25ClN2O/c1-16-19(14-23-12-6-7-13-25)18-9-3-5-11-21(18)24(16)15-17-8-2-4-10-20(17)22/h2-5,8-11,23,25H,6-7,12-15H2,1H3. The first-order valence-electron chi connectivity index (χ1n) is 8.84. The molecule has 4 heteroatoms. The number of hydrogen-bond acceptors (Lipinski definition) is 2. The minimum atomic E-state index is 0.262. The van der Waals surface area contributed by atoms with Crippen LogP contribution in [0.25, 0.3) is 10.9 Å². The molecule has 0 saturated carbocycles. The fourth-order valence-electron chi connectivity index (χ4n) is 3.30. The number of aliphatic hydroxyl groups is 1. The van der Waals surface area contributed by atoms with E-state index in [0.29, 0.717) is 0 Å². The lowest BCUT2D eigenvalue weighted by atomic mass is 10.1. The number of halogens is 1. The van der Waals surface area contributed by atoms with Crippen molar-refractivity contribution in [1.82, 2.24) is 9.88 Å². The Morgan fingerprint density at radius 2 is 1.80 bits per heavy atom. The maximum atomic E-state index is 8.89. The lowest BCUT2D eigenvalue weighted by Crippen LogP contribution is -2.15. The van der Waals surface area contributed by atoms with Gasteiger partial charge in [-0.25, -0.2) is 0 Å². The summed E-state index contributed by atoms with van der Waals surface area (Å²) in [5, 5.41) is 14.5. The summed E-state index contributed by atoms with van der Waals surface area (Å²) in [7, 11) is 0. The predicted molar refractivity (Wildman–Crippen MR) is 105 cm³/mol. The molecule has 0 atom stereocenters. The second-order valence-corrected chi connectivity index (χ2v) is 6.77. The number of aliphatic hydroxyl groups excluding tert-OH is 1. The molecule has 1 heterocycles. The number of hydrogen-bond donors (Lipinski definition) is 2. The van der Waals surface area contributed by atoms with Gasteiger partial charge in [0.2, 0.25) is 0 Å². The molecule has 0 spiro atoms. The van der Waals surface area contributed by atoms with Crippen molar-refractivity contribution in [3.8, 4) is 0 Å². The van der Waals surface area contributed by atoms with Gasteiger partial charge in [0.05, 0.1) is 0 Å². The zero-order chi connectivity index (χ0) is 17.6. The first-order valence-corrected chi connectivity index (χ1v) is 9.22. The van der Waals surface area contributed by atoms with Gasteiger partial charge in [-0.2, -0.15) is 0 Å². The van der Waals surface area contributed by atoms with Crippen LogP contribution >= 0.6 is 11.6 Å². The van der Waals surface area contributed by atoms with E-state index < -0.39 is 0 Å². The summed E-state index contributed by atoms with van der Waals surface area (Å²) in [4.78, 5) is 0. The molecule has 0 saturated heterocycles. The van der Waals surface area contributed by atoms with Crippen molar-refractivity contribution in [3.63, 3.8) is 0 Å². The van der Waals surface area contributed by atoms with E-state index in [9.17, 15) is 0 Å². The molecular formula is C21H25ClN2O. The molecular weight excluding hydrogens is 332 g/mol. The number of nitrogens with one attached hydrogen (secondary N) is 1. The van der Waals surface area contributed by atoms with Gasteiger partial charge >= 0.3 is 0 Å². The smallest absolute Gasteiger partial charge is 0.0493 e. The van der Waals surface area contributed by atoms with Crippen molar-refractivity contribution in [2.75, 3.05) is 13.2 Å². The monoisotopic (exact) mass is 356 g/mol. The van der Waals surface area contributed by atoms with Gasteiger partial charge in [-0.1, -0.05) is 48.0 Å². The van der Waals surface area contributed by atoms with Crippen LogP contribution < -0.4 is 5.32 Å². The Labute approximate surface area is 154 Å². The molecule has 0 aliphatic heterocycles. The highest BCUT2D eigenvalue weighted by Crippen LogP contribution is 2.28. The highest BCUT2D eigenvalue weighted by Gasteiger charge is 2.14. The number of benzene rings is 2. The molecule has 2 N–H and O–H groups in total. The molecule has 0 aliphatic carbocycles. The molecule has 0 bridgehead atoms. The van der Waals surface area contributed by atoms with E-state index in [1.54, 1.807) is 0 Å². The van der Waals surface area contributed by atoms with Gasteiger partial charge in [0.25, 0.3) is 0 Å². The average Bonchev–Trinajstić information content (AvgIpc) is 2.89. The first kappa shape index (κ1) is 18.0. The van der Waals surface area contributed by atoms with Crippen molar-refractivity contribution >= 4 is 22.5 Å². The molecule has 0 unspecified atom stereocenters. The molecule has 3 nitrogen and oxygen atoms in total. The number of unbranched alkanes of at least 4 members (excludes halogenated alkanes) is 1. The normalized spacial score (nSPS) is 11.3. The summed E-state index contributed by atoms with van der Waals surface area (Å²) in [6.45, 7) is 4.98. The third kappa shape index (κ3) is 4.06. The Morgan fingerprint density at radius 3 is 2.60 bits per heavy atom. The van der Waals surface area contributed by atoms with Crippen molar-refractivity contribution in [3.05, 3.63) is 70.4 Å². The third-order valence-electron chi connectivity index (χ3n) is 4.71. The summed E-state index contributed by atoms with van der Waals surface area (Å²) in [5.41, 5.74) is 4.99. The number of para-hydroxylation sites is 1. The predicted octanol–water partition coefficient (Wildman–Crippen LogP) is 4.51. The second-order valence-electron chi connectivity index (χ2n) is 6.37. The van der Waals surface area contributed by atoms with Crippen LogP contribution in [0.2, 0.25) is 5.02 Å². The van der Waals surface area contributed by atoms with Gasteiger partial charge in [-0.3, -0.25) is 0 Å². The Morgan fingerprint density at radius 1 is 1.04 bits per heavy atom. The van der Waals surface area contributed by atoms with Gasteiger partial charge in [0, 0.05) is 41.3 Å². The molecule has 3 rings (SSSR count). The summed E-state index contributed by atoms with van der Waals surface area (Å²) < 4.78 is 2.35. The second kappa shape index (κ2) is 8.52. The van der Waals surface area contributed by atoms with Crippen LogP contribution in [0.1, 0.15) is 29.7 Å². The van der Waals surface area contributed by atoms with Crippen LogP contribution in [0.4, 0.5) is 0 Å². The molecule has 3 aromatic rings. The van der Waals surface area contributed by atoms with Gasteiger partial charge in [-0.05, 0) is 49.6 Å². The fraction of sp³-hybridized carbons (Fsp3) is 0.333. The number of rotatable bonds is 8. The zero-order valence-corrected chi connectivity index (χ0v) is 15.4. The van der Waals surface area contributed by atoms with Gasteiger partial charge in [0.15, 0.2) is 0 Å². The van der Waals surface area contributed by atoms with Crippen molar-refractivity contribution in [2.45, 2.75) is 32.9 Å². The maximum absolute atomic E-state index is 8.89. The van der Waals surface area contributed by atoms with E-state index in [2.05, 4.69) is 47.1 Å². The number of aromatic nitrogens is 1. The lowest BCUT2D eigenvalue weighted by Gasteiger charge is -2.11. The van der Waals surface area contributed by atoms with E-state index in [1.165, 1.54) is 22.2 Å². The highest BCUT2D eigenvalue weighted by molar-refractivity contribution is 6.31. The van der Waals surface area contributed by atoms with Crippen molar-refractivity contribution < 1.29 is 5.11 Å². The topological polar surface area (TPSA) is 37.2 Å². The SMILES string of the molecule is Cc1c(CNCCCCO)c2ccccc2n1Cc1ccccc1Cl. The fourth-order valence-corrected chi connectivity index (χ4v) is 3.50. The average molecular weight is 357 g/mol. The number of fused-ring (bicyclic) bond motifs is 1. The van der Waals surface area contributed by atoms with E-state index in [1.807, 2.05) is 18.2 Å². The quantitative estimate of drug-likeness (QED) is 0.582. The Kier molecular flexibility index (Phi) is 6.14. The van der Waals surface area contributed by atoms with Crippen LogP contribution in [0.15, 0.2) is 48.5 Å². The summed E-state index contributed by atoms with van der Waals surface area (Å²) in [5.74, 6) is 0. The molecule has 1 aromatic heterocycles. The van der Waals surface area contributed by atoms with Gasteiger partial charge < -0.3 is 15.0 Å². The van der Waals surface area contributed by atoms with Crippen LogP contribution in [-0.2, 0) is 13.1 Å². The van der Waals surface area contributed by atoms with Gasteiger partial charge in [-0.15, -0.1) is 0 Å². The highest BCUT2D eigenvalue weighted by atomic mass is 35.5. The van der Waals surface area contributed by atoms with Crippen molar-refractivity contribution in [1.29, 1.82) is 0 Å². The Bertz CT molecular complexity index is 841. The van der Waals surface area contributed by atoms with E-state index in [4.69, 9.17) is 16.7 Å².